The second-order valence-corrected chi connectivity index (χ2v) is 8.13. The normalized spacial score (nSPS) is 24.8. The molecule has 2 aromatic carbocycles. The summed E-state index contributed by atoms with van der Waals surface area (Å²) in [7, 11) is 4.47. The number of anilines is 1. The number of benzene rings is 2. The van der Waals surface area contributed by atoms with Crippen LogP contribution in [0.4, 0.5) is 5.69 Å². The average molecular weight is 461 g/mol. The minimum atomic E-state index is -0.953. The van der Waals surface area contributed by atoms with Crippen LogP contribution in [0, 0.1) is 11.8 Å². The van der Waals surface area contributed by atoms with Crippen molar-refractivity contribution in [2.45, 2.75) is 12.1 Å². The number of hydrogen-bond acceptors (Lipinski definition) is 8. The summed E-state index contributed by atoms with van der Waals surface area (Å²) >= 11 is 0. The summed E-state index contributed by atoms with van der Waals surface area (Å²) < 4.78 is 16.0. The van der Waals surface area contributed by atoms with Gasteiger partial charge in [0.1, 0.15) is 11.8 Å². The van der Waals surface area contributed by atoms with Crippen molar-refractivity contribution in [3.05, 3.63) is 60.2 Å². The molecule has 34 heavy (non-hydrogen) atoms. The standard InChI is InChI=1S/C25H23N3O6/c1-32-17-9-5-4-7-15(17)27-24(30)20-16-8-6-12-26-28(16)22(21(20)25(27)31)23(29)14-10-11-18(33-2)19(13-14)34-3/h4-13,16,20-22H,1-3H3. The molecular formula is C25H23N3O6. The second kappa shape index (κ2) is 8.33. The van der Waals surface area contributed by atoms with Gasteiger partial charge in [-0.2, -0.15) is 5.10 Å². The van der Waals surface area contributed by atoms with Gasteiger partial charge in [0.25, 0.3) is 0 Å². The number of nitrogens with zero attached hydrogens (tertiary/aromatic N) is 3. The molecule has 3 aliphatic rings. The molecule has 0 bridgehead atoms. The van der Waals surface area contributed by atoms with Gasteiger partial charge in [-0.3, -0.25) is 19.4 Å². The van der Waals surface area contributed by atoms with Crippen LogP contribution in [0.3, 0.4) is 0 Å². The number of ether oxygens (including phenoxy) is 3. The van der Waals surface area contributed by atoms with Gasteiger partial charge in [0, 0.05) is 11.8 Å². The summed E-state index contributed by atoms with van der Waals surface area (Å²) in [5, 5.41) is 5.95. The van der Waals surface area contributed by atoms with Gasteiger partial charge in [0.15, 0.2) is 17.3 Å². The Balaban J connectivity index is 1.58. The molecule has 9 heteroatoms. The molecule has 0 spiro atoms. The first kappa shape index (κ1) is 21.7. The molecular weight excluding hydrogens is 438 g/mol. The summed E-state index contributed by atoms with van der Waals surface area (Å²) in [6.45, 7) is 0. The molecule has 4 atom stereocenters. The zero-order chi connectivity index (χ0) is 24.0. The predicted octanol–water partition coefficient (Wildman–Crippen LogP) is 2.31. The van der Waals surface area contributed by atoms with Gasteiger partial charge < -0.3 is 14.2 Å². The van der Waals surface area contributed by atoms with E-state index >= 15 is 0 Å². The third kappa shape index (κ3) is 3.07. The number of hydrogen-bond donors (Lipinski definition) is 0. The van der Waals surface area contributed by atoms with Crippen molar-refractivity contribution < 1.29 is 28.6 Å². The van der Waals surface area contributed by atoms with Gasteiger partial charge in [-0.15, -0.1) is 0 Å². The van der Waals surface area contributed by atoms with Gasteiger partial charge in [0.05, 0.1) is 44.9 Å². The van der Waals surface area contributed by atoms with E-state index in [2.05, 4.69) is 5.10 Å². The maximum Gasteiger partial charge on any atom is 0.240 e. The maximum absolute atomic E-state index is 13.8. The van der Waals surface area contributed by atoms with E-state index in [1.54, 1.807) is 59.8 Å². The van der Waals surface area contributed by atoms with E-state index in [1.807, 2.05) is 6.08 Å². The van der Waals surface area contributed by atoms with E-state index in [9.17, 15) is 14.4 Å². The van der Waals surface area contributed by atoms with E-state index in [-0.39, 0.29) is 11.7 Å². The summed E-state index contributed by atoms with van der Waals surface area (Å²) in [6, 6.07) is 10.2. The number of imide groups is 1. The zero-order valence-corrected chi connectivity index (χ0v) is 18.9. The minimum Gasteiger partial charge on any atom is -0.495 e. The smallest absolute Gasteiger partial charge is 0.240 e. The van der Waals surface area contributed by atoms with Crippen LogP contribution in [0.2, 0.25) is 0 Å². The Morgan fingerprint density at radius 2 is 1.59 bits per heavy atom. The SMILES string of the molecule is COc1ccc(C(=O)C2C3C(=O)N(c4ccccc4OC)C(=O)C3C3C=CC=NN32)cc1OC. The maximum atomic E-state index is 13.8. The number of ketones is 1. The van der Waals surface area contributed by atoms with Crippen LogP contribution in [0.5, 0.6) is 17.2 Å². The molecule has 9 nitrogen and oxygen atoms in total. The van der Waals surface area contributed by atoms with Crippen LogP contribution in [0.1, 0.15) is 10.4 Å². The molecule has 0 N–H and O–H groups in total. The third-order valence-electron chi connectivity index (χ3n) is 6.55. The lowest BCUT2D eigenvalue weighted by Gasteiger charge is -2.30. The van der Waals surface area contributed by atoms with E-state index in [1.165, 1.54) is 21.3 Å². The molecule has 0 saturated carbocycles. The van der Waals surface area contributed by atoms with Crippen LogP contribution in [0.15, 0.2) is 59.7 Å². The molecule has 3 heterocycles. The van der Waals surface area contributed by atoms with E-state index in [4.69, 9.17) is 14.2 Å². The molecule has 2 saturated heterocycles. The monoisotopic (exact) mass is 461 g/mol. The third-order valence-corrected chi connectivity index (χ3v) is 6.55. The molecule has 174 valence electrons. The van der Waals surface area contributed by atoms with Crippen molar-refractivity contribution >= 4 is 29.5 Å². The summed E-state index contributed by atoms with van der Waals surface area (Å²) in [6.07, 6.45) is 5.09. The number of methoxy groups -OCH3 is 3. The number of carbonyl (C=O) groups excluding carboxylic acids is 3. The quantitative estimate of drug-likeness (QED) is 0.481. The van der Waals surface area contributed by atoms with Crippen molar-refractivity contribution in [3.8, 4) is 17.2 Å². The van der Waals surface area contributed by atoms with Crippen molar-refractivity contribution in [2.75, 3.05) is 26.2 Å². The lowest BCUT2D eigenvalue weighted by atomic mass is 9.86. The Labute approximate surface area is 196 Å². The highest BCUT2D eigenvalue weighted by molar-refractivity contribution is 6.25. The van der Waals surface area contributed by atoms with Gasteiger partial charge in [-0.05, 0) is 36.4 Å². The van der Waals surface area contributed by atoms with Gasteiger partial charge in [-0.25, -0.2) is 4.90 Å². The zero-order valence-electron chi connectivity index (χ0n) is 18.9. The number of fused-ring (bicyclic) bond motifs is 3. The van der Waals surface area contributed by atoms with Gasteiger partial charge in [-0.1, -0.05) is 18.2 Å². The predicted molar refractivity (Wildman–Crippen MR) is 123 cm³/mol. The summed E-state index contributed by atoms with van der Waals surface area (Å²) in [5.74, 6) is -1.52. The van der Waals surface area contributed by atoms with E-state index in [0.29, 0.717) is 28.5 Å². The molecule has 0 aromatic heterocycles. The van der Waals surface area contributed by atoms with Crippen LogP contribution in [0.25, 0.3) is 0 Å². The molecule has 2 amide bonds. The summed E-state index contributed by atoms with van der Waals surface area (Å²) in [5.41, 5.74) is 0.698. The van der Waals surface area contributed by atoms with Crippen molar-refractivity contribution in [1.82, 2.24) is 5.01 Å². The van der Waals surface area contributed by atoms with Gasteiger partial charge >= 0.3 is 0 Å². The molecule has 2 fully saturated rings. The lowest BCUT2D eigenvalue weighted by molar-refractivity contribution is -0.123. The number of hydrazone groups is 1. The largest absolute Gasteiger partial charge is 0.495 e. The Morgan fingerprint density at radius 1 is 0.882 bits per heavy atom. The molecule has 3 aliphatic heterocycles. The van der Waals surface area contributed by atoms with E-state index in [0.717, 1.165) is 4.90 Å². The Kier molecular flexibility index (Phi) is 5.31. The number of carbonyl (C=O) groups is 3. The van der Waals surface area contributed by atoms with E-state index < -0.39 is 29.8 Å². The Morgan fingerprint density at radius 3 is 2.32 bits per heavy atom. The van der Waals surface area contributed by atoms with Gasteiger partial charge in [0.2, 0.25) is 11.8 Å². The minimum absolute atomic E-state index is 0.325. The first-order chi connectivity index (χ1) is 16.5. The topological polar surface area (TPSA) is 97.7 Å². The number of rotatable bonds is 6. The number of amides is 2. The summed E-state index contributed by atoms with van der Waals surface area (Å²) in [4.78, 5) is 42.3. The number of Topliss-reactive ketones (excluding diaryl/α,β-unsaturated/α-hetero) is 1. The molecule has 2 aromatic rings. The Hall–Kier alpha value is -4.14. The van der Waals surface area contributed by atoms with Crippen LogP contribution in [-0.4, -0.2) is 62.2 Å². The highest BCUT2D eigenvalue weighted by Crippen LogP contribution is 2.47. The highest BCUT2D eigenvalue weighted by atomic mass is 16.5. The number of para-hydroxylation sites is 2. The number of allylic oxidation sites excluding steroid dienone is 1. The van der Waals surface area contributed by atoms with Crippen LogP contribution >= 0.6 is 0 Å². The first-order valence-electron chi connectivity index (χ1n) is 10.8. The fraction of sp³-hybridized carbons (Fsp3) is 0.280. The van der Waals surface area contributed by atoms with Crippen LogP contribution in [-0.2, 0) is 9.59 Å². The first-order valence-corrected chi connectivity index (χ1v) is 10.8. The van der Waals surface area contributed by atoms with Crippen LogP contribution < -0.4 is 19.1 Å². The molecule has 0 aliphatic carbocycles. The molecule has 0 radical (unpaired) electrons. The highest BCUT2D eigenvalue weighted by Gasteiger charge is 2.64. The second-order valence-electron chi connectivity index (χ2n) is 8.13. The molecule has 5 rings (SSSR count). The Bertz CT molecular complexity index is 1240. The molecule has 4 unspecified atom stereocenters. The van der Waals surface area contributed by atoms with Crippen molar-refractivity contribution in [3.63, 3.8) is 0 Å². The van der Waals surface area contributed by atoms with Crippen molar-refractivity contribution in [2.24, 2.45) is 16.9 Å². The fourth-order valence-electron chi connectivity index (χ4n) is 5.05. The lowest BCUT2D eigenvalue weighted by Crippen LogP contribution is -2.46. The van der Waals surface area contributed by atoms with Crippen molar-refractivity contribution in [1.29, 1.82) is 0 Å². The average Bonchev–Trinajstić information content (AvgIpc) is 3.35. The fourth-order valence-corrected chi connectivity index (χ4v) is 5.05.